The first-order valence-electron chi connectivity index (χ1n) is 6.17. The third-order valence-electron chi connectivity index (χ3n) is 2.07. The second kappa shape index (κ2) is 6.19. The first kappa shape index (κ1) is 18.3. The summed E-state index contributed by atoms with van der Waals surface area (Å²) in [6.45, 7) is 10.9. The SMILES string of the molecule is CC(NCC(C)(C)NS(C)(=O)=O)C(=O)OC(C)(C)C. The molecule has 0 saturated carbocycles. The zero-order chi connectivity index (χ0) is 15.5. The van der Waals surface area contributed by atoms with Crippen LogP contribution in [-0.2, 0) is 19.6 Å². The maximum absolute atomic E-state index is 11.7. The number of carbonyl (C=O) groups excluding carboxylic acids is 1. The van der Waals surface area contributed by atoms with Crippen molar-refractivity contribution in [1.82, 2.24) is 10.0 Å². The van der Waals surface area contributed by atoms with Gasteiger partial charge in [-0.3, -0.25) is 4.79 Å². The number of sulfonamides is 1. The lowest BCUT2D eigenvalue weighted by Crippen LogP contribution is -2.53. The minimum atomic E-state index is -3.28. The minimum Gasteiger partial charge on any atom is -0.459 e. The van der Waals surface area contributed by atoms with E-state index in [-0.39, 0.29) is 5.97 Å². The van der Waals surface area contributed by atoms with Gasteiger partial charge in [-0.2, -0.15) is 0 Å². The molecule has 0 aromatic carbocycles. The van der Waals surface area contributed by atoms with Crippen LogP contribution < -0.4 is 10.0 Å². The van der Waals surface area contributed by atoms with E-state index in [0.29, 0.717) is 6.54 Å². The molecule has 19 heavy (non-hydrogen) atoms. The molecule has 0 aliphatic rings. The molecule has 0 aromatic rings. The van der Waals surface area contributed by atoms with E-state index < -0.39 is 27.2 Å². The Kier molecular flexibility index (Phi) is 5.98. The van der Waals surface area contributed by atoms with Crippen LogP contribution in [0.15, 0.2) is 0 Å². The van der Waals surface area contributed by atoms with Gasteiger partial charge >= 0.3 is 5.97 Å². The van der Waals surface area contributed by atoms with Gasteiger partial charge in [0.05, 0.1) is 6.26 Å². The second-order valence-electron chi connectivity index (χ2n) is 6.39. The lowest BCUT2D eigenvalue weighted by molar-refractivity contribution is -0.157. The van der Waals surface area contributed by atoms with Crippen LogP contribution >= 0.6 is 0 Å². The Morgan fingerprint density at radius 3 is 2.05 bits per heavy atom. The molecule has 0 aliphatic heterocycles. The van der Waals surface area contributed by atoms with Gasteiger partial charge in [0, 0.05) is 12.1 Å². The first-order valence-corrected chi connectivity index (χ1v) is 8.06. The van der Waals surface area contributed by atoms with Gasteiger partial charge in [0.1, 0.15) is 11.6 Å². The maximum atomic E-state index is 11.7. The van der Waals surface area contributed by atoms with Gasteiger partial charge in [0.15, 0.2) is 0 Å². The summed E-state index contributed by atoms with van der Waals surface area (Å²) in [6, 6.07) is -0.500. The van der Waals surface area contributed by atoms with E-state index in [1.165, 1.54) is 0 Å². The van der Waals surface area contributed by atoms with Crippen molar-refractivity contribution in [3.63, 3.8) is 0 Å². The van der Waals surface area contributed by atoms with Crippen LogP contribution in [0.4, 0.5) is 0 Å². The highest BCUT2D eigenvalue weighted by molar-refractivity contribution is 7.88. The quantitative estimate of drug-likeness (QED) is 0.702. The van der Waals surface area contributed by atoms with Crippen molar-refractivity contribution in [2.24, 2.45) is 0 Å². The van der Waals surface area contributed by atoms with Crippen molar-refractivity contribution >= 4 is 16.0 Å². The Hall–Kier alpha value is -0.660. The third kappa shape index (κ3) is 9.86. The fourth-order valence-corrected chi connectivity index (χ4v) is 2.50. The third-order valence-corrected chi connectivity index (χ3v) is 3.00. The van der Waals surface area contributed by atoms with Crippen molar-refractivity contribution < 1.29 is 17.9 Å². The van der Waals surface area contributed by atoms with Crippen molar-refractivity contribution in [3.8, 4) is 0 Å². The molecular weight excluding hydrogens is 268 g/mol. The average Bonchev–Trinajstić information content (AvgIpc) is 2.07. The molecule has 1 unspecified atom stereocenters. The summed E-state index contributed by atoms with van der Waals surface area (Å²) < 4.78 is 30.1. The van der Waals surface area contributed by atoms with Crippen LogP contribution in [0.2, 0.25) is 0 Å². The summed E-state index contributed by atoms with van der Waals surface area (Å²) in [4.78, 5) is 11.7. The van der Waals surface area contributed by atoms with E-state index >= 15 is 0 Å². The molecule has 6 nitrogen and oxygen atoms in total. The van der Waals surface area contributed by atoms with E-state index in [1.54, 1.807) is 41.5 Å². The average molecular weight is 294 g/mol. The molecule has 0 spiro atoms. The number of ether oxygens (including phenoxy) is 1. The molecule has 1 atom stereocenters. The number of esters is 1. The fraction of sp³-hybridized carbons (Fsp3) is 0.917. The minimum absolute atomic E-state index is 0.320. The van der Waals surface area contributed by atoms with Crippen molar-refractivity contribution in [3.05, 3.63) is 0 Å². The van der Waals surface area contributed by atoms with Crippen molar-refractivity contribution in [2.45, 2.75) is 58.7 Å². The van der Waals surface area contributed by atoms with Crippen LogP contribution in [0.3, 0.4) is 0 Å². The molecule has 0 rings (SSSR count). The zero-order valence-corrected chi connectivity index (χ0v) is 13.6. The number of hydrogen-bond acceptors (Lipinski definition) is 5. The predicted molar refractivity (Wildman–Crippen MR) is 75.4 cm³/mol. The van der Waals surface area contributed by atoms with Crippen molar-refractivity contribution in [2.75, 3.05) is 12.8 Å². The largest absolute Gasteiger partial charge is 0.459 e. The van der Waals surface area contributed by atoms with Gasteiger partial charge in [-0.25, -0.2) is 13.1 Å². The number of carbonyl (C=O) groups is 1. The molecule has 7 heteroatoms. The summed E-state index contributed by atoms with van der Waals surface area (Å²) in [5.74, 6) is -0.359. The molecule has 0 amide bonds. The van der Waals surface area contributed by atoms with Crippen LogP contribution in [0.1, 0.15) is 41.5 Å². The molecular formula is C12H26N2O4S. The first-order chi connectivity index (χ1) is 8.22. The van der Waals surface area contributed by atoms with E-state index in [2.05, 4.69) is 10.0 Å². The summed E-state index contributed by atoms with van der Waals surface area (Å²) in [6.07, 6.45) is 1.10. The van der Waals surface area contributed by atoms with Gasteiger partial charge in [-0.05, 0) is 41.5 Å². The molecule has 0 heterocycles. The molecule has 114 valence electrons. The number of nitrogens with one attached hydrogen (secondary N) is 2. The normalized spacial score (nSPS) is 15.1. The Bertz CT molecular complexity index is 410. The monoisotopic (exact) mass is 294 g/mol. The Morgan fingerprint density at radius 2 is 1.68 bits per heavy atom. The predicted octanol–water partition coefficient (Wildman–Crippen LogP) is 0.634. The van der Waals surface area contributed by atoms with E-state index in [9.17, 15) is 13.2 Å². The smallest absolute Gasteiger partial charge is 0.323 e. The Balaban J connectivity index is 4.37. The van der Waals surface area contributed by atoms with E-state index in [4.69, 9.17) is 4.74 Å². The molecule has 2 N–H and O–H groups in total. The zero-order valence-electron chi connectivity index (χ0n) is 12.8. The molecule has 0 bridgehead atoms. The Morgan fingerprint density at radius 1 is 1.21 bits per heavy atom. The maximum Gasteiger partial charge on any atom is 0.323 e. The Labute approximate surface area is 116 Å². The molecule has 0 aliphatic carbocycles. The van der Waals surface area contributed by atoms with Gasteiger partial charge < -0.3 is 10.1 Å². The van der Waals surface area contributed by atoms with Gasteiger partial charge in [-0.1, -0.05) is 0 Å². The summed E-state index contributed by atoms with van der Waals surface area (Å²) in [7, 11) is -3.28. The number of hydrogen-bond donors (Lipinski definition) is 2. The van der Waals surface area contributed by atoms with Crippen LogP contribution in [0.5, 0.6) is 0 Å². The van der Waals surface area contributed by atoms with Gasteiger partial charge in [0.25, 0.3) is 0 Å². The van der Waals surface area contributed by atoms with Crippen LogP contribution in [0.25, 0.3) is 0 Å². The van der Waals surface area contributed by atoms with Crippen LogP contribution in [0, 0.1) is 0 Å². The summed E-state index contributed by atoms with van der Waals surface area (Å²) in [5, 5.41) is 2.97. The standard InChI is InChI=1S/C12H26N2O4S/c1-9(10(15)18-11(2,3)4)13-8-12(5,6)14-19(7,16)17/h9,13-14H,8H2,1-7H3. The topological polar surface area (TPSA) is 84.5 Å². The molecule has 0 radical (unpaired) electrons. The molecule has 0 aromatic heterocycles. The lowest BCUT2D eigenvalue weighted by Gasteiger charge is -2.28. The van der Waals surface area contributed by atoms with Crippen molar-refractivity contribution in [1.29, 1.82) is 0 Å². The summed E-state index contributed by atoms with van der Waals surface area (Å²) in [5.41, 5.74) is -1.21. The molecule has 0 fully saturated rings. The molecule has 0 saturated heterocycles. The van der Waals surface area contributed by atoms with Gasteiger partial charge in [-0.15, -0.1) is 0 Å². The highest BCUT2D eigenvalue weighted by Crippen LogP contribution is 2.09. The van der Waals surface area contributed by atoms with E-state index in [0.717, 1.165) is 6.26 Å². The number of rotatable bonds is 6. The van der Waals surface area contributed by atoms with E-state index in [1.807, 2.05) is 0 Å². The van der Waals surface area contributed by atoms with Crippen LogP contribution in [-0.4, -0.2) is 44.4 Å². The fourth-order valence-electron chi connectivity index (χ4n) is 1.42. The summed E-state index contributed by atoms with van der Waals surface area (Å²) >= 11 is 0. The highest BCUT2D eigenvalue weighted by atomic mass is 32.2. The highest BCUT2D eigenvalue weighted by Gasteiger charge is 2.26. The second-order valence-corrected chi connectivity index (χ2v) is 8.14. The van der Waals surface area contributed by atoms with Gasteiger partial charge in [0.2, 0.25) is 10.0 Å². The lowest BCUT2D eigenvalue weighted by atomic mass is 10.1.